The predicted molar refractivity (Wildman–Crippen MR) is 59.4 cm³/mol. The molecule has 2 fully saturated rings. The monoisotopic (exact) mass is 228 g/mol. The lowest BCUT2D eigenvalue weighted by Crippen LogP contribution is -2.70. The van der Waals surface area contributed by atoms with Crippen molar-refractivity contribution in [2.24, 2.45) is 0 Å². The molecule has 3 N–H and O–H groups in total. The highest BCUT2D eigenvalue weighted by molar-refractivity contribution is 5.68. The van der Waals surface area contributed by atoms with Crippen LogP contribution in [0.15, 0.2) is 0 Å². The molecule has 0 aromatic rings. The summed E-state index contributed by atoms with van der Waals surface area (Å²) in [5.74, 6) is -0.744. The van der Waals surface area contributed by atoms with E-state index in [9.17, 15) is 4.79 Å². The van der Waals surface area contributed by atoms with Crippen molar-refractivity contribution in [3.63, 3.8) is 0 Å². The molecule has 2 aliphatic rings. The van der Waals surface area contributed by atoms with E-state index >= 15 is 0 Å². The second-order valence-electron chi connectivity index (χ2n) is 5.21. The average Bonchev–Trinajstić information content (AvgIpc) is 2.57. The Labute approximate surface area is 95.5 Å². The lowest BCUT2D eigenvalue weighted by molar-refractivity contribution is -0.139. The highest BCUT2D eigenvalue weighted by atomic mass is 16.5. The molecule has 2 heterocycles. The zero-order valence-electron chi connectivity index (χ0n) is 9.71. The van der Waals surface area contributed by atoms with Crippen LogP contribution in [-0.2, 0) is 9.53 Å². The first-order valence-corrected chi connectivity index (χ1v) is 5.85. The van der Waals surface area contributed by atoms with Gasteiger partial charge in [-0.3, -0.25) is 4.79 Å². The van der Waals surface area contributed by atoms with E-state index in [1.54, 1.807) is 0 Å². The largest absolute Gasteiger partial charge is 0.481 e. The predicted octanol–water partition coefficient (Wildman–Crippen LogP) is -0.0382. The third-order valence-electron chi connectivity index (χ3n) is 3.55. The molecule has 5 nitrogen and oxygen atoms in total. The Balaban J connectivity index is 1.85. The second-order valence-corrected chi connectivity index (χ2v) is 5.21. The topological polar surface area (TPSA) is 70.6 Å². The number of hydrogen-bond acceptors (Lipinski definition) is 4. The molecule has 2 saturated heterocycles. The van der Waals surface area contributed by atoms with Crippen molar-refractivity contribution in [3.8, 4) is 0 Å². The van der Waals surface area contributed by atoms with Crippen LogP contribution in [0.3, 0.4) is 0 Å². The summed E-state index contributed by atoms with van der Waals surface area (Å²) in [6.07, 6.45) is 2.33. The van der Waals surface area contributed by atoms with Gasteiger partial charge in [0.25, 0.3) is 0 Å². The standard InChI is InChI=1S/C11H20N2O3/c1-10(3-2-4-16-10)6-13-11(5-9(14)15)7-12-8-11/h12-13H,2-8H2,1H3,(H,14,15). The Morgan fingerprint density at radius 1 is 1.56 bits per heavy atom. The molecule has 2 aliphatic heterocycles. The summed E-state index contributed by atoms with van der Waals surface area (Å²) in [7, 11) is 0. The minimum atomic E-state index is -0.744. The lowest BCUT2D eigenvalue weighted by atomic mass is 9.87. The highest BCUT2D eigenvalue weighted by Gasteiger charge is 2.41. The molecule has 0 aliphatic carbocycles. The zero-order chi connectivity index (χ0) is 11.6. The van der Waals surface area contributed by atoms with Crippen LogP contribution in [0.4, 0.5) is 0 Å². The summed E-state index contributed by atoms with van der Waals surface area (Å²) in [6.45, 7) is 5.11. The average molecular weight is 228 g/mol. The summed E-state index contributed by atoms with van der Waals surface area (Å²) in [4.78, 5) is 10.8. The number of nitrogens with one attached hydrogen (secondary N) is 2. The van der Waals surface area contributed by atoms with E-state index in [1.165, 1.54) is 0 Å². The van der Waals surface area contributed by atoms with Crippen molar-refractivity contribution in [3.05, 3.63) is 0 Å². The molecule has 0 bridgehead atoms. The first-order valence-electron chi connectivity index (χ1n) is 5.85. The minimum Gasteiger partial charge on any atom is -0.481 e. The van der Waals surface area contributed by atoms with Gasteiger partial charge in [0.1, 0.15) is 0 Å². The van der Waals surface area contributed by atoms with Gasteiger partial charge < -0.3 is 20.5 Å². The Kier molecular flexibility index (Phi) is 3.19. The molecule has 0 aromatic carbocycles. The van der Waals surface area contributed by atoms with Gasteiger partial charge in [-0.05, 0) is 19.8 Å². The molecule has 1 atom stereocenters. The molecule has 92 valence electrons. The molecular formula is C11H20N2O3. The number of ether oxygens (including phenoxy) is 1. The van der Waals surface area contributed by atoms with Gasteiger partial charge in [-0.2, -0.15) is 0 Å². The Hall–Kier alpha value is -0.650. The Bertz CT molecular complexity index is 270. The van der Waals surface area contributed by atoms with E-state index < -0.39 is 5.97 Å². The number of rotatable bonds is 5. The Morgan fingerprint density at radius 2 is 2.31 bits per heavy atom. The zero-order valence-corrected chi connectivity index (χ0v) is 9.71. The summed E-state index contributed by atoms with van der Waals surface area (Å²) < 4.78 is 5.68. The van der Waals surface area contributed by atoms with Crippen molar-refractivity contribution in [2.75, 3.05) is 26.2 Å². The van der Waals surface area contributed by atoms with Gasteiger partial charge in [0.05, 0.1) is 17.6 Å². The molecule has 0 aromatic heterocycles. The van der Waals surface area contributed by atoms with Crippen molar-refractivity contribution in [1.82, 2.24) is 10.6 Å². The van der Waals surface area contributed by atoms with Gasteiger partial charge in [-0.25, -0.2) is 0 Å². The number of carbonyl (C=O) groups is 1. The van der Waals surface area contributed by atoms with Crippen LogP contribution in [0.1, 0.15) is 26.2 Å². The van der Waals surface area contributed by atoms with Crippen LogP contribution in [0.5, 0.6) is 0 Å². The quantitative estimate of drug-likeness (QED) is 0.616. The van der Waals surface area contributed by atoms with Crippen molar-refractivity contribution in [1.29, 1.82) is 0 Å². The van der Waals surface area contributed by atoms with Crippen LogP contribution < -0.4 is 10.6 Å². The van der Waals surface area contributed by atoms with Crippen LogP contribution in [0, 0.1) is 0 Å². The fourth-order valence-electron chi connectivity index (χ4n) is 2.38. The number of carboxylic acids is 1. The molecule has 1 unspecified atom stereocenters. The molecule has 16 heavy (non-hydrogen) atoms. The van der Waals surface area contributed by atoms with Crippen LogP contribution in [-0.4, -0.2) is 48.5 Å². The fourth-order valence-corrected chi connectivity index (χ4v) is 2.38. The number of aliphatic carboxylic acids is 1. The van der Waals surface area contributed by atoms with Crippen LogP contribution in [0.25, 0.3) is 0 Å². The summed E-state index contributed by atoms with van der Waals surface area (Å²) in [6, 6.07) is 0. The minimum absolute atomic E-state index is 0.110. The first-order chi connectivity index (χ1) is 7.54. The van der Waals surface area contributed by atoms with E-state index in [2.05, 4.69) is 17.6 Å². The van der Waals surface area contributed by atoms with Gasteiger partial charge in [0.15, 0.2) is 0 Å². The third kappa shape index (κ3) is 2.53. The molecular weight excluding hydrogens is 208 g/mol. The fraction of sp³-hybridized carbons (Fsp3) is 0.909. The summed E-state index contributed by atoms with van der Waals surface area (Å²) >= 11 is 0. The van der Waals surface area contributed by atoms with Gasteiger partial charge in [-0.1, -0.05) is 0 Å². The van der Waals surface area contributed by atoms with E-state index in [0.717, 1.165) is 39.1 Å². The van der Waals surface area contributed by atoms with E-state index in [4.69, 9.17) is 9.84 Å². The van der Waals surface area contributed by atoms with Crippen molar-refractivity contribution in [2.45, 2.75) is 37.3 Å². The molecule has 0 radical (unpaired) electrons. The van der Waals surface area contributed by atoms with Crippen LogP contribution >= 0.6 is 0 Å². The lowest BCUT2D eigenvalue weighted by Gasteiger charge is -2.44. The van der Waals surface area contributed by atoms with E-state index in [-0.39, 0.29) is 17.6 Å². The van der Waals surface area contributed by atoms with Crippen molar-refractivity contribution >= 4 is 5.97 Å². The second kappa shape index (κ2) is 4.31. The number of carboxylic acid groups (broad SMARTS) is 1. The SMILES string of the molecule is CC1(CNC2(CC(=O)O)CNC2)CCCO1. The maximum Gasteiger partial charge on any atom is 0.305 e. The normalized spacial score (nSPS) is 32.3. The molecule has 0 saturated carbocycles. The van der Waals surface area contributed by atoms with E-state index in [0.29, 0.717) is 0 Å². The first kappa shape index (κ1) is 11.8. The smallest absolute Gasteiger partial charge is 0.305 e. The molecule has 0 spiro atoms. The highest BCUT2D eigenvalue weighted by Crippen LogP contribution is 2.26. The van der Waals surface area contributed by atoms with Gasteiger partial charge >= 0.3 is 5.97 Å². The van der Waals surface area contributed by atoms with E-state index in [1.807, 2.05) is 0 Å². The van der Waals surface area contributed by atoms with Gasteiger partial charge in [-0.15, -0.1) is 0 Å². The molecule has 0 amide bonds. The van der Waals surface area contributed by atoms with Crippen LogP contribution in [0.2, 0.25) is 0 Å². The molecule has 2 rings (SSSR count). The van der Waals surface area contributed by atoms with Gasteiger partial charge in [0, 0.05) is 26.2 Å². The Morgan fingerprint density at radius 3 is 2.75 bits per heavy atom. The third-order valence-corrected chi connectivity index (χ3v) is 3.55. The van der Waals surface area contributed by atoms with Crippen molar-refractivity contribution < 1.29 is 14.6 Å². The summed E-state index contributed by atoms with van der Waals surface area (Å²) in [5.41, 5.74) is -0.373. The van der Waals surface area contributed by atoms with Gasteiger partial charge in [0.2, 0.25) is 0 Å². The molecule has 5 heteroatoms. The maximum atomic E-state index is 10.8. The number of hydrogen-bond donors (Lipinski definition) is 3. The summed E-state index contributed by atoms with van der Waals surface area (Å²) in [5, 5.41) is 15.4. The maximum absolute atomic E-state index is 10.8.